The molecule has 1 fully saturated rings. The number of hydrogen-bond donors (Lipinski definition) is 1. The SMILES string of the molecule is C[C@@H]1CN(c2nc(CN)c(C(F)(F)F)o2)C[C@H](C)N1C(=O)OC(C)(C)C. The Balaban J connectivity index is 2.19. The van der Waals surface area contributed by atoms with Crippen LogP contribution in [0.15, 0.2) is 4.42 Å². The molecular formula is C16H25F3N4O3. The van der Waals surface area contributed by atoms with Crippen LogP contribution in [0.1, 0.15) is 46.1 Å². The molecule has 148 valence electrons. The standard InChI is InChI=1S/C16H25F3N4O3/c1-9-7-22(8-10(2)23(9)14(24)26-15(3,4)5)13-21-11(6-20)12(25-13)16(17,18)19/h9-10H,6-8,20H2,1-5H3/t9-,10+. The molecule has 1 amide bonds. The molecular weight excluding hydrogens is 353 g/mol. The van der Waals surface area contributed by atoms with Crippen LogP contribution in [-0.2, 0) is 17.5 Å². The van der Waals surface area contributed by atoms with E-state index in [1.165, 1.54) is 0 Å². The molecule has 10 heteroatoms. The summed E-state index contributed by atoms with van der Waals surface area (Å²) in [6.07, 6.45) is -5.11. The Hall–Kier alpha value is -1.97. The third-order valence-corrected chi connectivity index (χ3v) is 3.93. The highest BCUT2D eigenvalue weighted by Gasteiger charge is 2.41. The topological polar surface area (TPSA) is 84.8 Å². The van der Waals surface area contributed by atoms with Crippen LogP contribution in [-0.4, -0.2) is 46.8 Å². The fourth-order valence-corrected chi connectivity index (χ4v) is 2.99. The lowest BCUT2D eigenvalue weighted by Crippen LogP contribution is -2.59. The van der Waals surface area contributed by atoms with E-state index in [0.717, 1.165) is 0 Å². The van der Waals surface area contributed by atoms with Gasteiger partial charge in [-0.3, -0.25) is 4.90 Å². The average Bonchev–Trinajstić information content (AvgIpc) is 2.88. The molecule has 0 aromatic carbocycles. The Morgan fingerprint density at radius 2 is 1.81 bits per heavy atom. The number of anilines is 1. The number of hydrogen-bond acceptors (Lipinski definition) is 6. The number of halogens is 3. The van der Waals surface area contributed by atoms with Crippen LogP contribution in [0, 0.1) is 0 Å². The molecule has 1 aliphatic rings. The first-order chi connectivity index (χ1) is 11.8. The van der Waals surface area contributed by atoms with Gasteiger partial charge in [0.05, 0.1) is 12.1 Å². The Morgan fingerprint density at radius 3 is 2.19 bits per heavy atom. The zero-order chi connectivity index (χ0) is 19.9. The quantitative estimate of drug-likeness (QED) is 0.852. The molecule has 1 saturated heterocycles. The smallest absolute Gasteiger partial charge is 0.444 e. The molecule has 2 atom stereocenters. The monoisotopic (exact) mass is 378 g/mol. The maximum Gasteiger partial charge on any atom is 0.451 e. The number of piperazine rings is 1. The number of nitrogens with two attached hydrogens (primary N) is 1. The van der Waals surface area contributed by atoms with Gasteiger partial charge in [0, 0.05) is 19.6 Å². The summed E-state index contributed by atoms with van der Waals surface area (Å²) in [6, 6.07) is -0.729. The summed E-state index contributed by atoms with van der Waals surface area (Å²) in [7, 11) is 0. The van der Waals surface area contributed by atoms with Crippen molar-refractivity contribution in [2.75, 3.05) is 18.0 Å². The fraction of sp³-hybridized carbons (Fsp3) is 0.750. The zero-order valence-corrected chi connectivity index (χ0v) is 15.6. The molecule has 1 aromatic heterocycles. The molecule has 2 heterocycles. The van der Waals surface area contributed by atoms with Crippen molar-refractivity contribution in [1.82, 2.24) is 9.88 Å². The van der Waals surface area contributed by atoms with E-state index in [-0.39, 0.29) is 43.4 Å². The lowest BCUT2D eigenvalue weighted by molar-refractivity contribution is -0.153. The summed E-state index contributed by atoms with van der Waals surface area (Å²) >= 11 is 0. The van der Waals surface area contributed by atoms with Crippen LogP contribution in [0.2, 0.25) is 0 Å². The molecule has 2 N–H and O–H groups in total. The van der Waals surface area contributed by atoms with Crippen molar-refractivity contribution in [2.24, 2.45) is 5.73 Å². The molecule has 26 heavy (non-hydrogen) atoms. The first-order valence-corrected chi connectivity index (χ1v) is 8.36. The molecule has 0 saturated carbocycles. The Bertz CT molecular complexity index is 642. The van der Waals surface area contributed by atoms with E-state index in [4.69, 9.17) is 14.9 Å². The number of alkyl halides is 3. The molecule has 7 nitrogen and oxygen atoms in total. The summed E-state index contributed by atoms with van der Waals surface area (Å²) < 4.78 is 49.4. The van der Waals surface area contributed by atoms with Crippen LogP contribution in [0.5, 0.6) is 0 Å². The first kappa shape index (κ1) is 20.3. The van der Waals surface area contributed by atoms with Gasteiger partial charge in [-0.05, 0) is 34.6 Å². The van der Waals surface area contributed by atoms with E-state index in [1.54, 1.807) is 44.4 Å². The van der Waals surface area contributed by atoms with Crippen molar-refractivity contribution in [2.45, 2.75) is 65.0 Å². The number of aromatic nitrogens is 1. The van der Waals surface area contributed by atoms with Crippen molar-refractivity contribution < 1.29 is 27.1 Å². The van der Waals surface area contributed by atoms with Gasteiger partial charge in [-0.15, -0.1) is 0 Å². The predicted molar refractivity (Wildman–Crippen MR) is 88.6 cm³/mol. The average molecular weight is 378 g/mol. The second-order valence-corrected chi connectivity index (χ2v) is 7.46. The molecule has 0 bridgehead atoms. The van der Waals surface area contributed by atoms with Gasteiger partial charge >= 0.3 is 12.3 Å². The predicted octanol–water partition coefficient (Wildman–Crippen LogP) is 2.99. The second kappa shape index (κ2) is 6.98. The van der Waals surface area contributed by atoms with E-state index < -0.39 is 23.6 Å². The maximum absolute atomic E-state index is 13.0. The number of ether oxygens (including phenoxy) is 1. The largest absolute Gasteiger partial charge is 0.451 e. The Kier molecular flexibility index (Phi) is 5.46. The lowest BCUT2D eigenvalue weighted by atomic mass is 10.1. The molecule has 0 unspecified atom stereocenters. The summed E-state index contributed by atoms with van der Waals surface area (Å²) in [5.41, 5.74) is 4.39. The van der Waals surface area contributed by atoms with Gasteiger partial charge in [-0.2, -0.15) is 18.2 Å². The Morgan fingerprint density at radius 1 is 1.27 bits per heavy atom. The molecule has 0 aliphatic carbocycles. The summed E-state index contributed by atoms with van der Waals surface area (Å²) in [5.74, 6) is -1.18. The van der Waals surface area contributed by atoms with Crippen molar-refractivity contribution in [3.05, 3.63) is 11.5 Å². The van der Waals surface area contributed by atoms with E-state index in [9.17, 15) is 18.0 Å². The van der Waals surface area contributed by atoms with E-state index in [1.807, 2.05) is 0 Å². The van der Waals surface area contributed by atoms with Gasteiger partial charge in [0.2, 0.25) is 5.76 Å². The fourth-order valence-electron chi connectivity index (χ4n) is 2.99. The van der Waals surface area contributed by atoms with Crippen LogP contribution in [0.3, 0.4) is 0 Å². The normalized spacial score (nSPS) is 21.9. The number of nitrogens with zero attached hydrogens (tertiary/aromatic N) is 3. The van der Waals surface area contributed by atoms with Crippen molar-refractivity contribution in [1.29, 1.82) is 0 Å². The first-order valence-electron chi connectivity index (χ1n) is 8.36. The van der Waals surface area contributed by atoms with Gasteiger partial charge in [0.1, 0.15) is 11.3 Å². The molecule has 2 rings (SSSR count). The summed E-state index contributed by atoms with van der Waals surface area (Å²) in [5, 5.41) is 0. The van der Waals surface area contributed by atoms with Gasteiger partial charge in [-0.1, -0.05) is 0 Å². The zero-order valence-electron chi connectivity index (χ0n) is 15.6. The number of carbonyl (C=O) groups excluding carboxylic acids is 1. The van der Waals surface area contributed by atoms with Crippen LogP contribution < -0.4 is 10.6 Å². The molecule has 0 spiro atoms. The molecule has 1 aliphatic heterocycles. The van der Waals surface area contributed by atoms with Gasteiger partial charge in [0.15, 0.2) is 0 Å². The molecule has 1 aromatic rings. The number of carbonyl (C=O) groups is 1. The highest BCUT2D eigenvalue weighted by atomic mass is 19.4. The van der Waals surface area contributed by atoms with E-state index >= 15 is 0 Å². The van der Waals surface area contributed by atoms with Crippen LogP contribution >= 0.6 is 0 Å². The molecule has 0 radical (unpaired) electrons. The number of rotatable bonds is 2. The van der Waals surface area contributed by atoms with Crippen molar-refractivity contribution >= 4 is 12.1 Å². The third-order valence-electron chi connectivity index (χ3n) is 3.93. The van der Waals surface area contributed by atoms with E-state index in [2.05, 4.69) is 4.98 Å². The third kappa shape index (κ3) is 4.40. The second-order valence-electron chi connectivity index (χ2n) is 7.46. The highest BCUT2D eigenvalue weighted by Crippen LogP contribution is 2.35. The van der Waals surface area contributed by atoms with Gasteiger partial charge in [-0.25, -0.2) is 4.79 Å². The number of amides is 1. The highest BCUT2D eigenvalue weighted by molar-refractivity contribution is 5.69. The Labute approximate surface area is 150 Å². The van der Waals surface area contributed by atoms with E-state index in [0.29, 0.717) is 0 Å². The van der Waals surface area contributed by atoms with Crippen LogP contribution in [0.4, 0.5) is 24.0 Å². The minimum absolute atomic E-state index is 0.139. The minimum Gasteiger partial charge on any atom is -0.444 e. The summed E-state index contributed by atoms with van der Waals surface area (Å²) in [6.45, 7) is 9.08. The van der Waals surface area contributed by atoms with Gasteiger partial charge in [0.25, 0.3) is 6.01 Å². The van der Waals surface area contributed by atoms with Crippen LogP contribution in [0.25, 0.3) is 0 Å². The van der Waals surface area contributed by atoms with Crippen molar-refractivity contribution in [3.63, 3.8) is 0 Å². The van der Waals surface area contributed by atoms with Crippen molar-refractivity contribution in [3.8, 4) is 0 Å². The number of oxazole rings is 1. The summed E-state index contributed by atoms with van der Waals surface area (Å²) in [4.78, 5) is 19.5. The maximum atomic E-state index is 13.0. The lowest BCUT2D eigenvalue weighted by Gasteiger charge is -2.43. The minimum atomic E-state index is -4.66. The van der Waals surface area contributed by atoms with Gasteiger partial charge < -0.3 is 19.8 Å².